The standard InChI is InChI=1S/C57H34N4S/c1-3-13-35(14-4-1)41-23-25-43-47(29-41)46(27-28-50(43)61-51-32-39-19-9-7-17-37(39)30-48(51)49-31-38-18-8-10-20-40(38)33-52(49)61)57-59-55(36-15-5-2-6-16-36)58-56(60-57)42-24-26-45-44-21-11-12-22-53(44)62-54(45)34-42/h1-34H. The van der Waals surface area contributed by atoms with Crippen molar-refractivity contribution in [1.82, 2.24) is 19.5 Å². The van der Waals surface area contributed by atoms with Crippen molar-refractivity contribution in [3.63, 3.8) is 0 Å². The van der Waals surface area contributed by atoms with Gasteiger partial charge in [-0.3, -0.25) is 0 Å². The van der Waals surface area contributed by atoms with E-state index in [1.54, 1.807) is 11.3 Å². The van der Waals surface area contributed by atoms with E-state index in [0.717, 1.165) is 44.3 Å². The summed E-state index contributed by atoms with van der Waals surface area (Å²) in [6, 6.07) is 74.1. The third-order valence-corrected chi connectivity index (χ3v) is 13.5. The Kier molecular flexibility index (Phi) is 7.74. The molecule has 0 aliphatic carbocycles. The highest BCUT2D eigenvalue weighted by atomic mass is 32.1. The number of nitrogens with zero attached hydrogens (tertiary/aromatic N) is 4. The highest BCUT2D eigenvalue weighted by molar-refractivity contribution is 7.25. The lowest BCUT2D eigenvalue weighted by molar-refractivity contribution is 1.08. The van der Waals surface area contributed by atoms with E-state index in [-0.39, 0.29) is 0 Å². The molecule has 62 heavy (non-hydrogen) atoms. The summed E-state index contributed by atoms with van der Waals surface area (Å²) in [5, 5.41) is 12.0. The van der Waals surface area contributed by atoms with Crippen LogP contribution < -0.4 is 0 Å². The molecule has 0 saturated carbocycles. The fourth-order valence-corrected chi connectivity index (χ4v) is 10.5. The Morgan fingerprint density at radius 1 is 0.306 bits per heavy atom. The molecule has 0 saturated heterocycles. The smallest absolute Gasteiger partial charge is 0.164 e. The fraction of sp³-hybridized carbons (Fsp3) is 0. The Hall–Kier alpha value is -7.99. The third kappa shape index (κ3) is 5.56. The molecule has 0 atom stereocenters. The molecule has 13 aromatic rings. The van der Waals surface area contributed by atoms with Gasteiger partial charge in [-0.2, -0.15) is 0 Å². The Bertz CT molecular complexity index is 3830. The minimum atomic E-state index is 0.631. The normalized spacial score (nSPS) is 11.9. The zero-order valence-corrected chi connectivity index (χ0v) is 34.1. The topological polar surface area (TPSA) is 43.6 Å². The SMILES string of the molecule is c1ccc(-c2ccc3c(-n4c5cc6ccccc6cc5c5cc6ccccc6cc54)ccc(-c4nc(-c5ccccc5)nc(-c5ccc6c(c5)sc5ccccc56)n4)c3c2)cc1. The summed E-state index contributed by atoms with van der Waals surface area (Å²) in [6.07, 6.45) is 0. The van der Waals surface area contributed by atoms with Crippen LogP contribution in [0.15, 0.2) is 206 Å². The second-order valence-electron chi connectivity index (χ2n) is 16.0. The Balaban J connectivity index is 1.09. The van der Waals surface area contributed by atoms with E-state index in [2.05, 4.69) is 193 Å². The highest BCUT2D eigenvalue weighted by Crippen LogP contribution is 2.42. The van der Waals surface area contributed by atoms with Gasteiger partial charge >= 0.3 is 0 Å². The number of fused-ring (bicyclic) bond motifs is 9. The van der Waals surface area contributed by atoms with Gasteiger partial charge in [-0.1, -0.05) is 152 Å². The van der Waals surface area contributed by atoms with Crippen molar-refractivity contribution in [3.05, 3.63) is 206 Å². The van der Waals surface area contributed by atoms with Gasteiger partial charge in [0, 0.05) is 53.0 Å². The molecule has 288 valence electrons. The summed E-state index contributed by atoms with van der Waals surface area (Å²) < 4.78 is 4.94. The maximum Gasteiger partial charge on any atom is 0.164 e. The summed E-state index contributed by atoms with van der Waals surface area (Å²) >= 11 is 1.80. The van der Waals surface area contributed by atoms with Crippen LogP contribution in [-0.4, -0.2) is 19.5 Å². The van der Waals surface area contributed by atoms with Crippen LogP contribution in [0.25, 0.3) is 125 Å². The average Bonchev–Trinajstić information content (AvgIpc) is 3.86. The molecule has 0 amide bonds. The quantitative estimate of drug-likeness (QED) is 0.174. The van der Waals surface area contributed by atoms with Gasteiger partial charge in [0.1, 0.15) is 0 Å². The Labute approximate surface area is 360 Å². The van der Waals surface area contributed by atoms with Crippen molar-refractivity contribution < 1.29 is 0 Å². The molecule has 3 heterocycles. The summed E-state index contributed by atoms with van der Waals surface area (Å²) in [5.74, 6) is 1.91. The maximum atomic E-state index is 5.35. The number of hydrogen-bond donors (Lipinski definition) is 0. The van der Waals surface area contributed by atoms with Gasteiger partial charge in [0.2, 0.25) is 0 Å². The molecule has 0 fully saturated rings. The van der Waals surface area contributed by atoms with Crippen LogP contribution in [0, 0.1) is 0 Å². The van der Waals surface area contributed by atoms with Gasteiger partial charge in [-0.15, -0.1) is 11.3 Å². The molecular formula is C57H34N4S. The van der Waals surface area contributed by atoms with Crippen LogP contribution in [0.2, 0.25) is 0 Å². The van der Waals surface area contributed by atoms with E-state index in [4.69, 9.17) is 15.0 Å². The number of thiophene rings is 1. The van der Waals surface area contributed by atoms with Gasteiger partial charge in [0.05, 0.1) is 16.7 Å². The molecule has 0 aliphatic heterocycles. The number of aromatic nitrogens is 4. The first-order valence-electron chi connectivity index (χ1n) is 20.9. The lowest BCUT2D eigenvalue weighted by atomic mass is 9.96. The van der Waals surface area contributed by atoms with Crippen molar-refractivity contribution in [2.24, 2.45) is 0 Å². The fourth-order valence-electron chi connectivity index (χ4n) is 9.39. The lowest BCUT2D eigenvalue weighted by Gasteiger charge is -2.16. The Morgan fingerprint density at radius 2 is 0.839 bits per heavy atom. The molecule has 10 aromatic carbocycles. The van der Waals surface area contributed by atoms with Crippen LogP contribution in [0.3, 0.4) is 0 Å². The molecule has 3 aromatic heterocycles. The zero-order valence-electron chi connectivity index (χ0n) is 33.3. The number of hydrogen-bond acceptors (Lipinski definition) is 4. The van der Waals surface area contributed by atoms with Gasteiger partial charge < -0.3 is 4.57 Å². The number of benzene rings is 10. The monoisotopic (exact) mass is 806 g/mol. The molecule has 5 heteroatoms. The summed E-state index contributed by atoms with van der Waals surface area (Å²) in [4.78, 5) is 15.8. The molecule has 0 aliphatic rings. The van der Waals surface area contributed by atoms with E-state index in [1.165, 1.54) is 63.5 Å². The highest BCUT2D eigenvalue weighted by Gasteiger charge is 2.21. The summed E-state index contributed by atoms with van der Waals surface area (Å²) in [5.41, 5.74) is 8.56. The molecule has 0 N–H and O–H groups in total. The van der Waals surface area contributed by atoms with Crippen molar-refractivity contribution in [3.8, 4) is 51.0 Å². The average molecular weight is 807 g/mol. The first kappa shape index (κ1) is 34.8. The van der Waals surface area contributed by atoms with Crippen LogP contribution >= 0.6 is 11.3 Å². The van der Waals surface area contributed by atoms with Crippen LogP contribution in [0.1, 0.15) is 0 Å². The van der Waals surface area contributed by atoms with Crippen LogP contribution in [0.5, 0.6) is 0 Å². The van der Waals surface area contributed by atoms with Gasteiger partial charge in [-0.05, 0) is 92.7 Å². The first-order valence-corrected chi connectivity index (χ1v) is 21.7. The van der Waals surface area contributed by atoms with E-state index in [1.807, 2.05) is 18.2 Å². The predicted molar refractivity (Wildman–Crippen MR) is 261 cm³/mol. The zero-order chi connectivity index (χ0) is 40.7. The molecule has 0 bridgehead atoms. The van der Waals surface area contributed by atoms with E-state index in [0.29, 0.717) is 17.5 Å². The second kappa shape index (κ2) is 13.8. The van der Waals surface area contributed by atoms with E-state index in [9.17, 15) is 0 Å². The first-order chi connectivity index (χ1) is 30.7. The summed E-state index contributed by atoms with van der Waals surface area (Å²) in [7, 11) is 0. The lowest BCUT2D eigenvalue weighted by Crippen LogP contribution is -2.02. The van der Waals surface area contributed by atoms with Crippen molar-refractivity contribution in [2.75, 3.05) is 0 Å². The maximum absolute atomic E-state index is 5.35. The van der Waals surface area contributed by atoms with Crippen molar-refractivity contribution >= 4 is 85.6 Å². The van der Waals surface area contributed by atoms with Gasteiger partial charge in [0.15, 0.2) is 17.5 Å². The largest absolute Gasteiger partial charge is 0.309 e. The minimum Gasteiger partial charge on any atom is -0.309 e. The van der Waals surface area contributed by atoms with E-state index < -0.39 is 0 Å². The predicted octanol–water partition coefficient (Wildman–Crippen LogP) is 15.5. The summed E-state index contributed by atoms with van der Waals surface area (Å²) in [6.45, 7) is 0. The van der Waals surface area contributed by atoms with Crippen LogP contribution in [0.4, 0.5) is 0 Å². The molecular weight excluding hydrogens is 773 g/mol. The van der Waals surface area contributed by atoms with Crippen molar-refractivity contribution in [1.29, 1.82) is 0 Å². The molecule has 13 rings (SSSR count). The van der Waals surface area contributed by atoms with Crippen molar-refractivity contribution in [2.45, 2.75) is 0 Å². The van der Waals surface area contributed by atoms with Crippen LogP contribution in [-0.2, 0) is 0 Å². The Morgan fingerprint density at radius 3 is 1.53 bits per heavy atom. The van der Waals surface area contributed by atoms with Gasteiger partial charge in [0.25, 0.3) is 0 Å². The third-order valence-electron chi connectivity index (χ3n) is 12.4. The minimum absolute atomic E-state index is 0.631. The molecule has 4 nitrogen and oxygen atoms in total. The molecule has 0 spiro atoms. The van der Waals surface area contributed by atoms with E-state index >= 15 is 0 Å². The number of rotatable bonds is 5. The molecule has 0 unspecified atom stereocenters. The molecule has 0 radical (unpaired) electrons. The van der Waals surface area contributed by atoms with Gasteiger partial charge in [-0.25, -0.2) is 15.0 Å². The second-order valence-corrected chi connectivity index (χ2v) is 17.1.